The fourth-order valence-corrected chi connectivity index (χ4v) is 0.884. The molecule has 0 aromatic carbocycles. The van der Waals surface area contributed by atoms with Gasteiger partial charge in [-0.1, -0.05) is 32.1 Å². The highest BCUT2D eigenvalue weighted by atomic mass is 16.4. The Morgan fingerprint density at radius 3 is 1.50 bits per heavy atom. The highest BCUT2D eigenvalue weighted by Gasteiger charge is 1.95. The van der Waals surface area contributed by atoms with Crippen molar-refractivity contribution in [2.24, 2.45) is 0 Å². The van der Waals surface area contributed by atoms with Gasteiger partial charge >= 0.3 is 5.97 Å². The largest absolute Gasteiger partial charge is 0.472 e. The van der Waals surface area contributed by atoms with E-state index in [2.05, 4.69) is 6.42 Å². The molecule has 1 rings (SSSR count). The second-order valence-corrected chi connectivity index (χ2v) is 2.22. The molecule has 1 saturated carbocycles. The minimum atomic E-state index is -1.22. The molecule has 0 heterocycles. The van der Waals surface area contributed by atoms with Gasteiger partial charge in [-0.05, 0) is 0 Å². The Morgan fingerprint density at radius 1 is 1.20 bits per heavy atom. The number of hydrogen-bond acceptors (Lipinski definition) is 1. The lowest BCUT2D eigenvalue weighted by atomic mass is 10.4. The van der Waals surface area contributed by atoms with Crippen LogP contribution in [-0.2, 0) is 4.79 Å². The molecule has 0 aromatic heterocycles. The first-order valence-electron chi connectivity index (χ1n) is 3.47. The number of carboxylic acid groups (broad SMARTS) is 1. The predicted octanol–water partition coefficient (Wildman–Crippen LogP) is 1.65. The molecule has 0 bridgehead atoms. The summed E-state index contributed by atoms with van der Waals surface area (Å²) in [7, 11) is 0. The van der Waals surface area contributed by atoms with Crippen LogP contribution in [0.5, 0.6) is 0 Å². The lowest BCUT2D eigenvalue weighted by Crippen LogP contribution is -1.83. The van der Waals surface area contributed by atoms with Crippen LogP contribution in [0.1, 0.15) is 32.1 Å². The van der Waals surface area contributed by atoms with Gasteiger partial charge in [-0.25, -0.2) is 4.79 Å². The topological polar surface area (TPSA) is 37.3 Å². The molecule has 10 heavy (non-hydrogen) atoms. The molecule has 1 fully saturated rings. The van der Waals surface area contributed by atoms with Gasteiger partial charge in [0.25, 0.3) is 0 Å². The Hall–Kier alpha value is -0.970. The summed E-state index contributed by atoms with van der Waals surface area (Å²) in [5, 5.41) is 7.49. The highest BCUT2D eigenvalue weighted by molar-refractivity contribution is 5.85. The Morgan fingerprint density at radius 2 is 1.40 bits per heavy atom. The van der Waals surface area contributed by atoms with Crippen LogP contribution in [0, 0.1) is 12.3 Å². The van der Waals surface area contributed by atoms with Crippen LogP contribution in [0.15, 0.2) is 0 Å². The minimum Gasteiger partial charge on any atom is -0.472 e. The van der Waals surface area contributed by atoms with Gasteiger partial charge in [0.2, 0.25) is 0 Å². The molecule has 56 valence electrons. The van der Waals surface area contributed by atoms with Crippen LogP contribution in [0.2, 0.25) is 0 Å². The van der Waals surface area contributed by atoms with Crippen LogP contribution in [0.3, 0.4) is 0 Å². The van der Waals surface area contributed by atoms with Crippen molar-refractivity contribution < 1.29 is 9.90 Å². The summed E-state index contributed by atoms with van der Waals surface area (Å²) in [5.74, 6) is 0.227. The first-order valence-corrected chi connectivity index (χ1v) is 3.47. The zero-order valence-electron chi connectivity index (χ0n) is 5.97. The van der Waals surface area contributed by atoms with E-state index < -0.39 is 5.97 Å². The van der Waals surface area contributed by atoms with Crippen molar-refractivity contribution in [2.75, 3.05) is 0 Å². The number of rotatable bonds is 0. The molecule has 0 saturated heterocycles. The monoisotopic (exact) mass is 140 g/mol. The van der Waals surface area contributed by atoms with E-state index in [0.717, 1.165) is 0 Å². The molecular weight excluding hydrogens is 128 g/mol. The molecule has 0 spiro atoms. The van der Waals surface area contributed by atoms with E-state index in [1.54, 1.807) is 0 Å². The van der Waals surface area contributed by atoms with Gasteiger partial charge in [-0.2, -0.15) is 0 Å². The van der Waals surface area contributed by atoms with Gasteiger partial charge in [0.15, 0.2) is 0 Å². The van der Waals surface area contributed by atoms with E-state index in [1.807, 2.05) is 0 Å². The van der Waals surface area contributed by atoms with E-state index in [-0.39, 0.29) is 0 Å². The van der Waals surface area contributed by atoms with Crippen LogP contribution in [0.4, 0.5) is 0 Å². The molecule has 0 atom stereocenters. The Bertz CT molecular complexity index is 121. The second-order valence-electron chi connectivity index (χ2n) is 2.22. The number of terminal acetylenes is 1. The van der Waals surface area contributed by atoms with E-state index in [9.17, 15) is 0 Å². The third-order valence-electron chi connectivity index (χ3n) is 1.37. The van der Waals surface area contributed by atoms with E-state index in [4.69, 9.17) is 9.90 Å². The lowest BCUT2D eigenvalue weighted by Gasteiger charge is -1.67. The number of aliphatic carboxylic acids is 1. The quantitative estimate of drug-likeness (QED) is 0.519. The molecule has 2 nitrogen and oxygen atoms in total. The van der Waals surface area contributed by atoms with Crippen LogP contribution in [0.25, 0.3) is 0 Å². The number of hydrogen-bond donors (Lipinski definition) is 1. The van der Waals surface area contributed by atoms with Crippen molar-refractivity contribution in [2.45, 2.75) is 32.1 Å². The van der Waals surface area contributed by atoms with E-state index in [0.29, 0.717) is 0 Å². The average molecular weight is 140 g/mol. The zero-order valence-corrected chi connectivity index (χ0v) is 5.97. The Kier molecular flexibility index (Phi) is 5.56. The summed E-state index contributed by atoms with van der Waals surface area (Å²) in [6.45, 7) is 0. The fraction of sp³-hybridized carbons (Fsp3) is 0.625. The van der Waals surface area contributed by atoms with Gasteiger partial charge in [0.1, 0.15) is 0 Å². The summed E-state index contributed by atoms with van der Waals surface area (Å²) in [5.41, 5.74) is 0. The summed E-state index contributed by atoms with van der Waals surface area (Å²) >= 11 is 0. The molecule has 0 amide bonds. The van der Waals surface area contributed by atoms with Gasteiger partial charge in [0.05, 0.1) is 0 Å². The Labute approximate surface area is 61.2 Å². The maximum Gasteiger partial charge on any atom is 0.381 e. The molecule has 0 unspecified atom stereocenters. The van der Waals surface area contributed by atoms with Crippen LogP contribution in [-0.4, -0.2) is 11.1 Å². The Balaban J connectivity index is 0.000000162. The smallest absolute Gasteiger partial charge is 0.381 e. The summed E-state index contributed by atoms with van der Waals surface area (Å²) in [6, 6.07) is 0. The van der Waals surface area contributed by atoms with Crippen molar-refractivity contribution in [1.82, 2.24) is 0 Å². The van der Waals surface area contributed by atoms with Crippen molar-refractivity contribution in [3.8, 4) is 12.3 Å². The van der Waals surface area contributed by atoms with Crippen molar-refractivity contribution in [1.29, 1.82) is 0 Å². The summed E-state index contributed by atoms with van der Waals surface area (Å²) < 4.78 is 0. The molecule has 0 aromatic rings. The lowest BCUT2D eigenvalue weighted by molar-refractivity contribution is -0.130. The van der Waals surface area contributed by atoms with Gasteiger partial charge < -0.3 is 5.11 Å². The van der Waals surface area contributed by atoms with Crippen LogP contribution < -0.4 is 0 Å². The predicted molar refractivity (Wildman–Crippen MR) is 39.6 cm³/mol. The summed E-state index contributed by atoms with van der Waals surface area (Å²) in [6.07, 6.45) is 11.8. The van der Waals surface area contributed by atoms with Gasteiger partial charge in [-0.15, -0.1) is 6.42 Å². The highest BCUT2D eigenvalue weighted by Crippen LogP contribution is 2.15. The van der Waals surface area contributed by atoms with E-state index >= 15 is 0 Å². The third-order valence-corrected chi connectivity index (χ3v) is 1.37. The van der Waals surface area contributed by atoms with Gasteiger partial charge in [0, 0.05) is 5.92 Å². The maximum absolute atomic E-state index is 9.13. The summed E-state index contributed by atoms with van der Waals surface area (Å²) in [4.78, 5) is 9.13. The molecule has 1 aliphatic carbocycles. The molecule has 0 radical (unpaired) electrons. The van der Waals surface area contributed by atoms with Gasteiger partial charge in [-0.3, -0.25) is 0 Å². The normalized spacial score (nSPS) is 14.7. The fourth-order valence-electron chi connectivity index (χ4n) is 0.884. The number of carbonyl (C=O) groups is 1. The average Bonchev–Trinajstić information content (AvgIpc) is 2.43. The minimum absolute atomic E-state index is 1.22. The molecule has 2 heteroatoms. The SMILES string of the molecule is C#CC(=O)O.C1CCCC1. The van der Waals surface area contributed by atoms with Crippen molar-refractivity contribution in [3.05, 3.63) is 0 Å². The zero-order chi connectivity index (χ0) is 7.82. The second kappa shape index (κ2) is 6.15. The van der Waals surface area contributed by atoms with Crippen molar-refractivity contribution in [3.63, 3.8) is 0 Å². The molecule has 1 aliphatic rings. The third kappa shape index (κ3) is 7.03. The van der Waals surface area contributed by atoms with Crippen molar-refractivity contribution >= 4 is 5.97 Å². The molecule has 0 aliphatic heterocycles. The first-order chi connectivity index (χ1) is 4.77. The van der Waals surface area contributed by atoms with Crippen LogP contribution >= 0.6 is 0 Å². The number of carboxylic acids is 1. The molecule has 1 N–H and O–H groups in total. The molecular formula is C8H12O2. The first kappa shape index (κ1) is 9.03. The maximum atomic E-state index is 9.13. The van der Waals surface area contributed by atoms with E-state index in [1.165, 1.54) is 38.0 Å². The standard InChI is InChI=1S/C5H10.C3H2O2/c1-2-4-5-3-1;1-2-3(4)5/h1-5H2;1H,(H,4,5).